The Balaban J connectivity index is 2.63. The van der Waals surface area contributed by atoms with Crippen LogP contribution >= 0.6 is 0 Å². The zero-order chi connectivity index (χ0) is 10.9. The van der Waals surface area contributed by atoms with E-state index >= 15 is 0 Å². The fourth-order valence-electron chi connectivity index (χ4n) is 2.35. The van der Waals surface area contributed by atoms with Crippen molar-refractivity contribution in [1.82, 2.24) is 0 Å². The summed E-state index contributed by atoms with van der Waals surface area (Å²) >= 11 is 0. The zero-order valence-electron chi connectivity index (χ0n) is 8.82. The monoisotopic (exact) mass is 199 g/mol. The molecule has 14 heavy (non-hydrogen) atoms. The van der Waals surface area contributed by atoms with Gasteiger partial charge in [-0.2, -0.15) is 0 Å². The molecule has 0 radical (unpaired) electrons. The van der Waals surface area contributed by atoms with Crippen molar-refractivity contribution >= 4 is 11.7 Å². The van der Waals surface area contributed by atoms with Gasteiger partial charge in [-0.1, -0.05) is 19.0 Å². The molecule has 1 saturated carbocycles. The van der Waals surface area contributed by atoms with Gasteiger partial charge >= 0.3 is 5.97 Å². The number of carboxylic acids is 1. The number of oxime groups is 1. The summed E-state index contributed by atoms with van der Waals surface area (Å²) in [4.78, 5) is 10.6. The number of hydrogen-bond acceptors (Lipinski definition) is 3. The van der Waals surface area contributed by atoms with Crippen molar-refractivity contribution in [2.75, 3.05) is 0 Å². The second-order valence-corrected chi connectivity index (χ2v) is 4.65. The fraction of sp³-hybridized carbons (Fsp3) is 0.800. The third kappa shape index (κ3) is 1.74. The highest BCUT2D eigenvalue weighted by Crippen LogP contribution is 2.53. The van der Waals surface area contributed by atoms with Crippen LogP contribution in [0.15, 0.2) is 5.16 Å². The molecule has 0 amide bonds. The molecule has 0 aromatic carbocycles. The molecule has 80 valence electrons. The lowest BCUT2D eigenvalue weighted by Gasteiger charge is -2.51. The Kier molecular flexibility index (Phi) is 2.83. The van der Waals surface area contributed by atoms with Crippen LogP contribution in [-0.2, 0) is 4.79 Å². The summed E-state index contributed by atoms with van der Waals surface area (Å²) in [5, 5.41) is 20.5. The number of nitrogens with zero attached hydrogens (tertiary/aromatic N) is 1. The van der Waals surface area contributed by atoms with Crippen LogP contribution in [0.1, 0.15) is 33.6 Å². The van der Waals surface area contributed by atoms with Crippen LogP contribution < -0.4 is 0 Å². The van der Waals surface area contributed by atoms with Gasteiger partial charge in [-0.05, 0) is 24.7 Å². The van der Waals surface area contributed by atoms with Crippen molar-refractivity contribution in [3.05, 3.63) is 0 Å². The van der Waals surface area contributed by atoms with Crippen LogP contribution in [0.2, 0.25) is 0 Å². The molecule has 0 heterocycles. The van der Waals surface area contributed by atoms with Crippen molar-refractivity contribution in [2.45, 2.75) is 33.6 Å². The van der Waals surface area contributed by atoms with Gasteiger partial charge in [0.05, 0.1) is 5.71 Å². The number of carboxylic acid groups (broad SMARTS) is 1. The normalized spacial score (nSPS) is 30.9. The van der Waals surface area contributed by atoms with Crippen LogP contribution in [0.25, 0.3) is 0 Å². The van der Waals surface area contributed by atoms with Gasteiger partial charge in [0.2, 0.25) is 0 Å². The molecule has 2 N–H and O–H groups in total. The van der Waals surface area contributed by atoms with Gasteiger partial charge < -0.3 is 10.3 Å². The maximum Gasteiger partial charge on any atom is 0.303 e. The standard InChI is InChI=1S/C10H17NO3/c1-6(11-14)8-4-7(5-9(12)13)10(8,2)3/h7-8,14H,4-5H2,1-3H3,(H,12,13)/b11-6-/t7-,8-/m0/s1. The molecule has 4 nitrogen and oxygen atoms in total. The van der Waals surface area contributed by atoms with Crippen molar-refractivity contribution in [2.24, 2.45) is 22.4 Å². The van der Waals surface area contributed by atoms with Crippen molar-refractivity contribution in [1.29, 1.82) is 0 Å². The first-order chi connectivity index (χ1) is 6.39. The molecular weight excluding hydrogens is 182 g/mol. The third-order valence-corrected chi connectivity index (χ3v) is 3.55. The third-order valence-electron chi connectivity index (χ3n) is 3.55. The molecule has 0 aliphatic heterocycles. The minimum absolute atomic E-state index is 0.0608. The van der Waals surface area contributed by atoms with Gasteiger partial charge in [-0.15, -0.1) is 0 Å². The Labute approximate surface area is 83.6 Å². The number of hydrogen-bond donors (Lipinski definition) is 2. The van der Waals surface area contributed by atoms with E-state index in [1.165, 1.54) is 0 Å². The molecule has 2 atom stereocenters. The van der Waals surface area contributed by atoms with Crippen LogP contribution in [0.3, 0.4) is 0 Å². The second-order valence-electron chi connectivity index (χ2n) is 4.65. The van der Waals surface area contributed by atoms with Gasteiger partial charge in [0.15, 0.2) is 0 Å². The van der Waals surface area contributed by atoms with E-state index in [0.29, 0.717) is 5.71 Å². The summed E-state index contributed by atoms with van der Waals surface area (Å²) in [6.07, 6.45) is 1.03. The Morgan fingerprint density at radius 3 is 2.50 bits per heavy atom. The smallest absolute Gasteiger partial charge is 0.303 e. The zero-order valence-corrected chi connectivity index (χ0v) is 8.82. The molecule has 0 aromatic rings. The van der Waals surface area contributed by atoms with Crippen molar-refractivity contribution in [3.8, 4) is 0 Å². The lowest BCUT2D eigenvalue weighted by atomic mass is 9.52. The summed E-state index contributed by atoms with van der Waals surface area (Å²) in [7, 11) is 0. The predicted molar refractivity (Wildman–Crippen MR) is 52.5 cm³/mol. The van der Waals surface area contributed by atoms with Crippen LogP contribution in [0.4, 0.5) is 0 Å². The molecule has 1 fully saturated rings. The molecule has 4 heteroatoms. The van der Waals surface area contributed by atoms with Crippen molar-refractivity contribution < 1.29 is 15.1 Å². The molecule has 1 aliphatic carbocycles. The van der Waals surface area contributed by atoms with E-state index < -0.39 is 5.97 Å². The number of aliphatic carboxylic acids is 1. The molecule has 1 aliphatic rings. The average Bonchev–Trinajstić information content (AvgIpc) is 2.10. The summed E-state index contributed by atoms with van der Waals surface area (Å²) in [5.41, 5.74) is 0.644. The lowest BCUT2D eigenvalue weighted by molar-refractivity contribution is -0.142. The summed E-state index contributed by atoms with van der Waals surface area (Å²) in [6, 6.07) is 0. The van der Waals surface area contributed by atoms with Gasteiger partial charge in [0.1, 0.15) is 0 Å². The largest absolute Gasteiger partial charge is 0.481 e. The van der Waals surface area contributed by atoms with Gasteiger partial charge in [0, 0.05) is 12.3 Å². The average molecular weight is 199 g/mol. The first-order valence-corrected chi connectivity index (χ1v) is 4.80. The van der Waals surface area contributed by atoms with E-state index in [-0.39, 0.29) is 23.7 Å². The van der Waals surface area contributed by atoms with E-state index in [4.69, 9.17) is 10.3 Å². The number of carbonyl (C=O) groups is 1. The van der Waals surface area contributed by atoms with Crippen LogP contribution in [0.5, 0.6) is 0 Å². The Morgan fingerprint density at radius 2 is 2.14 bits per heavy atom. The number of rotatable bonds is 3. The fourth-order valence-corrected chi connectivity index (χ4v) is 2.35. The summed E-state index contributed by atoms with van der Waals surface area (Å²) < 4.78 is 0. The summed E-state index contributed by atoms with van der Waals surface area (Å²) in [5.74, 6) is -0.335. The SMILES string of the molecule is C/C(=N/O)[C@@H]1C[C@@H](CC(=O)O)C1(C)C. The van der Waals surface area contributed by atoms with Gasteiger partial charge in [-0.25, -0.2) is 0 Å². The van der Waals surface area contributed by atoms with E-state index in [0.717, 1.165) is 6.42 Å². The molecule has 1 rings (SSSR count). The molecule has 0 bridgehead atoms. The molecule has 0 saturated heterocycles. The maximum atomic E-state index is 10.6. The Hall–Kier alpha value is -1.06. The van der Waals surface area contributed by atoms with Gasteiger partial charge in [0.25, 0.3) is 0 Å². The van der Waals surface area contributed by atoms with Crippen LogP contribution in [-0.4, -0.2) is 22.0 Å². The molecular formula is C10H17NO3. The molecule has 0 aromatic heterocycles. The van der Waals surface area contributed by atoms with E-state index in [9.17, 15) is 4.79 Å². The highest BCUT2D eigenvalue weighted by atomic mass is 16.4. The minimum Gasteiger partial charge on any atom is -0.481 e. The van der Waals surface area contributed by atoms with Gasteiger partial charge in [-0.3, -0.25) is 4.79 Å². The molecule has 0 spiro atoms. The van der Waals surface area contributed by atoms with E-state index in [1.54, 1.807) is 6.92 Å². The lowest BCUT2D eigenvalue weighted by Crippen LogP contribution is -2.48. The first kappa shape index (κ1) is 11.0. The van der Waals surface area contributed by atoms with Crippen LogP contribution in [0, 0.1) is 17.3 Å². The highest BCUT2D eigenvalue weighted by Gasteiger charge is 2.49. The topological polar surface area (TPSA) is 69.9 Å². The van der Waals surface area contributed by atoms with Crippen molar-refractivity contribution in [3.63, 3.8) is 0 Å². The maximum absolute atomic E-state index is 10.6. The minimum atomic E-state index is -0.750. The quantitative estimate of drug-likeness (QED) is 0.415. The second kappa shape index (κ2) is 3.59. The molecule has 0 unspecified atom stereocenters. The summed E-state index contributed by atoms with van der Waals surface area (Å²) in [6.45, 7) is 5.84. The van der Waals surface area contributed by atoms with E-state index in [1.807, 2.05) is 13.8 Å². The Morgan fingerprint density at radius 1 is 1.57 bits per heavy atom. The Bertz CT molecular complexity index is 271. The highest BCUT2D eigenvalue weighted by molar-refractivity contribution is 5.85. The van der Waals surface area contributed by atoms with E-state index in [2.05, 4.69) is 5.16 Å². The first-order valence-electron chi connectivity index (χ1n) is 4.80. The predicted octanol–water partition coefficient (Wildman–Crippen LogP) is 1.97.